The zero-order valence-electron chi connectivity index (χ0n) is 11.7. The van der Waals surface area contributed by atoms with Gasteiger partial charge in [-0.15, -0.1) is 0 Å². The number of nitro groups is 1. The highest BCUT2D eigenvalue weighted by molar-refractivity contribution is 7.92. The van der Waals surface area contributed by atoms with Gasteiger partial charge in [-0.1, -0.05) is 11.6 Å². The third-order valence-corrected chi connectivity index (χ3v) is 5.06. The van der Waals surface area contributed by atoms with Crippen LogP contribution in [-0.4, -0.2) is 19.9 Å². The molecule has 1 heterocycles. The van der Waals surface area contributed by atoms with Gasteiger partial charge < -0.3 is 4.74 Å². The van der Waals surface area contributed by atoms with E-state index < -0.39 is 14.9 Å². The Bertz CT molecular complexity index is 898. The van der Waals surface area contributed by atoms with Gasteiger partial charge in [0.1, 0.15) is 10.8 Å². The average Bonchev–Trinajstić information content (AvgIpc) is 2.96. The first-order valence-corrected chi connectivity index (χ1v) is 8.45. The predicted octanol–water partition coefficient (Wildman–Crippen LogP) is 2.98. The maximum atomic E-state index is 12.4. The zero-order chi connectivity index (χ0) is 16.6. The normalized spacial score (nSPS) is 13.3. The molecule has 0 aliphatic carbocycles. The Morgan fingerprint density at radius 3 is 2.74 bits per heavy atom. The van der Waals surface area contributed by atoms with Gasteiger partial charge in [0.15, 0.2) is 0 Å². The van der Waals surface area contributed by atoms with Gasteiger partial charge in [0.25, 0.3) is 15.7 Å². The summed E-state index contributed by atoms with van der Waals surface area (Å²) in [7, 11) is -3.86. The Morgan fingerprint density at radius 2 is 2.00 bits per heavy atom. The van der Waals surface area contributed by atoms with E-state index >= 15 is 0 Å². The standard InChI is InChI=1S/C14H11ClN2O5S/c15-12-3-1-10(8-13(12)17(18)19)16-23(20,21)11-2-4-14-9(7-11)5-6-22-14/h1-4,7-8,16H,5-6H2. The van der Waals surface area contributed by atoms with E-state index in [-0.39, 0.29) is 21.3 Å². The molecule has 2 aromatic rings. The van der Waals surface area contributed by atoms with Gasteiger partial charge in [-0.05, 0) is 35.9 Å². The third-order valence-electron chi connectivity index (χ3n) is 3.37. The molecule has 0 spiro atoms. The quantitative estimate of drug-likeness (QED) is 0.672. The van der Waals surface area contributed by atoms with Crippen molar-refractivity contribution in [2.75, 3.05) is 11.3 Å². The molecule has 1 N–H and O–H groups in total. The third kappa shape index (κ3) is 3.08. The van der Waals surface area contributed by atoms with E-state index in [0.29, 0.717) is 18.8 Å². The van der Waals surface area contributed by atoms with Crippen molar-refractivity contribution in [2.24, 2.45) is 0 Å². The van der Waals surface area contributed by atoms with Gasteiger partial charge in [-0.2, -0.15) is 0 Å². The first-order chi connectivity index (χ1) is 10.9. The minimum atomic E-state index is -3.86. The fourth-order valence-electron chi connectivity index (χ4n) is 2.26. The summed E-state index contributed by atoms with van der Waals surface area (Å²) in [6.07, 6.45) is 0.644. The second-order valence-electron chi connectivity index (χ2n) is 4.90. The van der Waals surface area contributed by atoms with E-state index in [0.717, 1.165) is 11.6 Å². The van der Waals surface area contributed by atoms with Crippen molar-refractivity contribution in [1.29, 1.82) is 0 Å². The topological polar surface area (TPSA) is 98.5 Å². The van der Waals surface area contributed by atoms with Crippen LogP contribution in [0.25, 0.3) is 0 Å². The van der Waals surface area contributed by atoms with Gasteiger partial charge in [0, 0.05) is 12.5 Å². The molecule has 1 aliphatic rings. The molecule has 0 amide bonds. The van der Waals surface area contributed by atoms with Gasteiger partial charge >= 0.3 is 0 Å². The van der Waals surface area contributed by atoms with Crippen LogP contribution in [0.5, 0.6) is 5.75 Å². The van der Waals surface area contributed by atoms with Crippen LogP contribution in [0.1, 0.15) is 5.56 Å². The molecule has 7 nitrogen and oxygen atoms in total. The van der Waals surface area contributed by atoms with Crippen LogP contribution in [0.4, 0.5) is 11.4 Å². The number of benzene rings is 2. The molecular formula is C14H11ClN2O5S. The molecule has 0 aromatic heterocycles. The number of halogens is 1. The minimum absolute atomic E-state index is 0.0624. The highest BCUT2D eigenvalue weighted by atomic mass is 35.5. The zero-order valence-corrected chi connectivity index (χ0v) is 13.2. The first kappa shape index (κ1) is 15.6. The first-order valence-electron chi connectivity index (χ1n) is 6.59. The van der Waals surface area contributed by atoms with E-state index in [1.165, 1.54) is 24.3 Å². The predicted molar refractivity (Wildman–Crippen MR) is 84.6 cm³/mol. The van der Waals surface area contributed by atoms with Crippen LogP contribution < -0.4 is 9.46 Å². The van der Waals surface area contributed by atoms with Gasteiger partial charge in [0.05, 0.1) is 22.1 Å². The molecule has 0 atom stereocenters. The molecule has 0 saturated carbocycles. The Morgan fingerprint density at radius 1 is 1.22 bits per heavy atom. The monoisotopic (exact) mass is 354 g/mol. The Kier molecular flexibility index (Phi) is 3.87. The molecule has 23 heavy (non-hydrogen) atoms. The van der Waals surface area contributed by atoms with Crippen molar-refractivity contribution < 1.29 is 18.1 Å². The number of anilines is 1. The van der Waals surface area contributed by atoms with Gasteiger partial charge in [-0.25, -0.2) is 8.42 Å². The van der Waals surface area contributed by atoms with E-state index in [4.69, 9.17) is 16.3 Å². The largest absolute Gasteiger partial charge is 0.493 e. The summed E-state index contributed by atoms with van der Waals surface area (Å²) in [5, 5.41) is 10.8. The van der Waals surface area contributed by atoms with Crippen molar-refractivity contribution in [2.45, 2.75) is 11.3 Å². The second-order valence-corrected chi connectivity index (χ2v) is 6.99. The number of nitrogens with zero attached hydrogens (tertiary/aromatic N) is 1. The highest BCUT2D eigenvalue weighted by Crippen LogP contribution is 2.30. The maximum Gasteiger partial charge on any atom is 0.289 e. The van der Waals surface area contributed by atoms with Crippen LogP contribution in [-0.2, 0) is 16.4 Å². The Hall–Kier alpha value is -2.32. The lowest BCUT2D eigenvalue weighted by atomic mass is 10.2. The molecule has 0 radical (unpaired) electrons. The maximum absolute atomic E-state index is 12.4. The second kappa shape index (κ2) is 5.71. The SMILES string of the molecule is O=[N+]([O-])c1cc(NS(=O)(=O)c2ccc3c(c2)CCO3)ccc1Cl. The van der Waals surface area contributed by atoms with E-state index in [1.807, 2.05) is 0 Å². The fourth-order valence-corrected chi connectivity index (χ4v) is 3.55. The van der Waals surface area contributed by atoms with Crippen molar-refractivity contribution in [3.8, 4) is 5.75 Å². The Labute approximate surface area is 137 Å². The molecule has 0 fully saturated rings. The molecule has 3 rings (SSSR count). The highest BCUT2D eigenvalue weighted by Gasteiger charge is 2.21. The van der Waals surface area contributed by atoms with Crippen molar-refractivity contribution in [1.82, 2.24) is 0 Å². The van der Waals surface area contributed by atoms with Crippen LogP contribution in [0.15, 0.2) is 41.3 Å². The minimum Gasteiger partial charge on any atom is -0.493 e. The number of nitro benzene ring substituents is 1. The van der Waals surface area contributed by atoms with Gasteiger partial charge in [0.2, 0.25) is 0 Å². The van der Waals surface area contributed by atoms with Gasteiger partial charge in [-0.3, -0.25) is 14.8 Å². The lowest BCUT2D eigenvalue weighted by Gasteiger charge is -2.09. The van der Waals surface area contributed by atoms with E-state index in [2.05, 4.69) is 4.72 Å². The number of nitrogens with one attached hydrogen (secondary N) is 1. The van der Waals surface area contributed by atoms with Crippen LogP contribution >= 0.6 is 11.6 Å². The lowest BCUT2D eigenvalue weighted by molar-refractivity contribution is -0.384. The van der Waals surface area contributed by atoms with Crippen LogP contribution in [0, 0.1) is 10.1 Å². The lowest BCUT2D eigenvalue weighted by Crippen LogP contribution is -2.13. The number of hydrogen-bond acceptors (Lipinski definition) is 5. The number of fused-ring (bicyclic) bond motifs is 1. The Balaban J connectivity index is 1.92. The smallest absolute Gasteiger partial charge is 0.289 e. The average molecular weight is 355 g/mol. The van der Waals surface area contributed by atoms with Crippen LogP contribution in [0.3, 0.4) is 0 Å². The van der Waals surface area contributed by atoms with E-state index in [1.54, 1.807) is 6.07 Å². The summed E-state index contributed by atoms with van der Waals surface area (Å²) in [4.78, 5) is 10.3. The summed E-state index contributed by atoms with van der Waals surface area (Å²) < 4.78 is 32.5. The summed E-state index contributed by atoms with van der Waals surface area (Å²) in [5.41, 5.74) is 0.516. The molecule has 1 aliphatic heterocycles. The summed E-state index contributed by atoms with van der Waals surface area (Å²) in [6, 6.07) is 8.28. The molecule has 0 unspecified atom stereocenters. The molecule has 2 aromatic carbocycles. The fraction of sp³-hybridized carbons (Fsp3) is 0.143. The van der Waals surface area contributed by atoms with Crippen molar-refractivity contribution >= 4 is 33.0 Å². The molecule has 120 valence electrons. The number of rotatable bonds is 4. The van der Waals surface area contributed by atoms with E-state index in [9.17, 15) is 18.5 Å². The van der Waals surface area contributed by atoms with Crippen molar-refractivity contribution in [3.63, 3.8) is 0 Å². The summed E-state index contributed by atoms with van der Waals surface area (Å²) in [6.45, 7) is 0.523. The summed E-state index contributed by atoms with van der Waals surface area (Å²) >= 11 is 5.71. The van der Waals surface area contributed by atoms with Crippen LogP contribution in [0.2, 0.25) is 5.02 Å². The number of ether oxygens (including phenoxy) is 1. The molecular weight excluding hydrogens is 344 g/mol. The number of hydrogen-bond donors (Lipinski definition) is 1. The molecule has 0 saturated heterocycles. The van der Waals surface area contributed by atoms with Crippen molar-refractivity contribution in [3.05, 3.63) is 57.1 Å². The number of sulfonamides is 1. The molecule has 0 bridgehead atoms. The molecule has 9 heteroatoms. The summed E-state index contributed by atoms with van der Waals surface area (Å²) in [5.74, 6) is 0.672.